The molecule has 0 radical (unpaired) electrons. The van der Waals surface area contributed by atoms with Crippen molar-refractivity contribution in [2.24, 2.45) is 0 Å². The average Bonchev–Trinajstić information content (AvgIpc) is 2.37. The predicted molar refractivity (Wildman–Crippen MR) is 72.5 cm³/mol. The van der Waals surface area contributed by atoms with Gasteiger partial charge in [-0.2, -0.15) is 0 Å². The number of halogens is 1. The van der Waals surface area contributed by atoms with E-state index in [1.807, 2.05) is 0 Å². The molecule has 1 aromatic rings. The number of rotatable bonds is 8. The van der Waals surface area contributed by atoms with Crippen LogP contribution in [0.5, 0.6) is 11.5 Å². The Labute approximate surface area is 113 Å². The number of phenols is 1. The van der Waals surface area contributed by atoms with E-state index in [1.54, 1.807) is 19.2 Å². The fourth-order valence-electron chi connectivity index (χ4n) is 1.64. The van der Waals surface area contributed by atoms with Gasteiger partial charge in [0, 0.05) is 36.9 Å². The van der Waals surface area contributed by atoms with Gasteiger partial charge in [0.2, 0.25) is 0 Å². The van der Waals surface area contributed by atoms with Gasteiger partial charge in [0.25, 0.3) is 0 Å². The second kappa shape index (κ2) is 8.19. The molecule has 0 saturated heterocycles. The van der Waals surface area contributed by atoms with E-state index in [-0.39, 0.29) is 5.75 Å². The van der Waals surface area contributed by atoms with Crippen LogP contribution < -0.4 is 10.1 Å². The van der Waals surface area contributed by atoms with Crippen molar-refractivity contribution in [1.82, 2.24) is 5.32 Å². The lowest BCUT2D eigenvalue weighted by Crippen LogP contribution is -2.15. The molecule has 0 heterocycles. The van der Waals surface area contributed by atoms with Crippen LogP contribution in [0.1, 0.15) is 18.4 Å². The molecule has 102 valence electrons. The number of nitrogens with one attached hydrogen (secondary N) is 1. The SMILES string of the molecule is COCCCCNCc1cc(Cl)cc(OC)c1O. The summed E-state index contributed by atoms with van der Waals surface area (Å²) in [5.41, 5.74) is 0.742. The standard InChI is InChI=1S/C13H20ClNO3/c1-17-6-4-3-5-15-9-10-7-11(14)8-12(18-2)13(10)16/h7-8,15-16H,3-6,9H2,1-2H3. The number of benzene rings is 1. The minimum absolute atomic E-state index is 0.145. The molecule has 0 aliphatic rings. The summed E-state index contributed by atoms with van der Waals surface area (Å²) in [5.74, 6) is 0.546. The zero-order valence-corrected chi connectivity index (χ0v) is 11.6. The van der Waals surface area contributed by atoms with Crippen LogP contribution in [0.2, 0.25) is 5.02 Å². The van der Waals surface area contributed by atoms with Gasteiger partial charge in [-0.3, -0.25) is 0 Å². The van der Waals surface area contributed by atoms with Gasteiger partial charge in [-0.25, -0.2) is 0 Å². The number of aromatic hydroxyl groups is 1. The van der Waals surface area contributed by atoms with Crippen LogP contribution in [-0.2, 0) is 11.3 Å². The van der Waals surface area contributed by atoms with Crippen molar-refractivity contribution in [2.75, 3.05) is 27.4 Å². The highest BCUT2D eigenvalue weighted by atomic mass is 35.5. The van der Waals surface area contributed by atoms with Crippen LogP contribution in [0.4, 0.5) is 0 Å². The van der Waals surface area contributed by atoms with Gasteiger partial charge in [0.1, 0.15) is 0 Å². The van der Waals surface area contributed by atoms with Crippen LogP contribution in [-0.4, -0.2) is 32.5 Å². The van der Waals surface area contributed by atoms with Crippen LogP contribution in [0.25, 0.3) is 0 Å². The first-order valence-corrected chi connectivity index (χ1v) is 6.32. The van der Waals surface area contributed by atoms with Crippen LogP contribution in [0.3, 0.4) is 0 Å². The molecule has 0 fully saturated rings. The second-order valence-corrected chi connectivity index (χ2v) is 4.43. The molecule has 4 nitrogen and oxygen atoms in total. The van der Waals surface area contributed by atoms with Crippen LogP contribution in [0, 0.1) is 0 Å². The molecule has 1 rings (SSSR count). The molecule has 0 aromatic heterocycles. The Morgan fingerprint density at radius 2 is 2.06 bits per heavy atom. The van der Waals surface area contributed by atoms with Crippen molar-refractivity contribution < 1.29 is 14.6 Å². The van der Waals surface area contributed by atoms with Crippen molar-refractivity contribution in [1.29, 1.82) is 0 Å². The topological polar surface area (TPSA) is 50.7 Å². The number of hydrogen-bond donors (Lipinski definition) is 2. The van der Waals surface area contributed by atoms with E-state index in [2.05, 4.69) is 5.32 Å². The summed E-state index contributed by atoms with van der Waals surface area (Å²) in [5, 5.41) is 13.7. The van der Waals surface area contributed by atoms with Crippen LogP contribution in [0.15, 0.2) is 12.1 Å². The quantitative estimate of drug-likeness (QED) is 0.715. The minimum Gasteiger partial charge on any atom is -0.504 e. The summed E-state index contributed by atoms with van der Waals surface area (Å²) in [4.78, 5) is 0. The first-order valence-electron chi connectivity index (χ1n) is 5.94. The Morgan fingerprint density at radius 1 is 1.28 bits per heavy atom. The highest BCUT2D eigenvalue weighted by molar-refractivity contribution is 6.30. The summed E-state index contributed by atoms with van der Waals surface area (Å²) in [7, 11) is 3.21. The lowest BCUT2D eigenvalue weighted by atomic mass is 10.2. The summed E-state index contributed by atoms with van der Waals surface area (Å²) in [6.07, 6.45) is 2.06. The number of unbranched alkanes of at least 4 members (excludes halogenated alkanes) is 1. The van der Waals surface area contributed by atoms with Crippen molar-refractivity contribution >= 4 is 11.6 Å². The summed E-state index contributed by atoms with van der Waals surface area (Å²) in [6, 6.07) is 3.33. The van der Waals surface area contributed by atoms with Crippen molar-refractivity contribution in [3.63, 3.8) is 0 Å². The lowest BCUT2D eigenvalue weighted by Gasteiger charge is -2.10. The van der Waals surface area contributed by atoms with Crippen molar-refractivity contribution in [3.05, 3.63) is 22.7 Å². The van der Waals surface area contributed by atoms with Gasteiger partial charge in [0.15, 0.2) is 11.5 Å². The number of phenolic OH excluding ortho intramolecular Hbond substituents is 1. The highest BCUT2D eigenvalue weighted by Gasteiger charge is 2.09. The molecule has 0 bridgehead atoms. The lowest BCUT2D eigenvalue weighted by molar-refractivity contribution is 0.192. The van der Waals surface area contributed by atoms with E-state index in [0.29, 0.717) is 17.3 Å². The fraction of sp³-hybridized carbons (Fsp3) is 0.538. The fourth-order valence-corrected chi connectivity index (χ4v) is 1.87. The number of methoxy groups -OCH3 is 2. The van der Waals surface area contributed by atoms with Gasteiger partial charge in [0.05, 0.1) is 7.11 Å². The van der Waals surface area contributed by atoms with Crippen molar-refractivity contribution in [2.45, 2.75) is 19.4 Å². The maximum absolute atomic E-state index is 9.91. The molecule has 18 heavy (non-hydrogen) atoms. The molecule has 5 heteroatoms. The minimum atomic E-state index is 0.145. The van der Waals surface area contributed by atoms with E-state index >= 15 is 0 Å². The Balaban J connectivity index is 2.44. The number of ether oxygens (including phenoxy) is 2. The molecule has 0 aliphatic carbocycles. The maximum atomic E-state index is 9.91. The molecule has 0 unspecified atom stereocenters. The van der Waals surface area contributed by atoms with Gasteiger partial charge in [-0.1, -0.05) is 11.6 Å². The molecular formula is C13H20ClNO3. The van der Waals surface area contributed by atoms with Crippen LogP contribution >= 0.6 is 11.6 Å². The second-order valence-electron chi connectivity index (χ2n) is 3.99. The van der Waals surface area contributed by atoms with Gasteiger partial charge in [-0.15, -0.1) is 0 Å². The third-order valence-corrected chi connectivity index (χ3v) is 2.82. The Morgan fingerprint density at radius 3 is 2.72 bits per heavy atom. The summed E-state index contributed by atoms with van der Waals surface area (Å²) >= 11 is 5.95. The van der Waals surface area contributed by atoms with E-state index < -0.39 is 0 Å². The molecule has 0 spiro atoms. The van der Waals surface area contributed by atoms with E-state index in [0.717, 1.165) is 31.6 Å². The van der Waals surface area contributed by atoms with Gasteiger partial charge in [-0.05, 0) is 25.5 Å². The predicted octanol–water partition coefficient (Wildman–Crippen LogP) is 2.57. The molecule has 1 aromatic carbocycles. The third kappa shape index (κ3) is 4.72. The zero-order chi connectivity index (χ0) is 13.4. The smallest absolute Gasteiger partial charge is 0.162 e. The Bertz CT molecular complexity index is 371. The monoisotopic (exact) mass is 273 g/mol. The highest BCUT2D eigenvalue weighted by Crippen LogP contribution is 2.33. The normalized spacial score (nSPS) is 10.6. The Hall–Kier alpha value is -0.970. The average molecular weight is 274 g/mol. The first-order chi connectivity index (χ1) is 8.69. The largest absolute Gasteiger partial charge is 0.504 e. The summed E-state index contributed by atoms with van der Waals surface area (Å²) in [6.45, 7) is 2.21. The first kappa shape index (κ1) is 15.1. The molecule has 0 saturated carbocycles. The van der Waals surface area contributed by atoms with Gasteiger partial charge >= 0.3 is 0 Å². The maximum Gasteiger partial charge on any atom is 0.162 e. The summed E-state index contributed by atoms with van der Waals surface area (Å²) < 4.78 is 10.0. The third-order valence-electron chi connectivity index (χ3n) is 2.61. The van der Waals surface area contributed by atoms with E-state index in [4.69, 9.17) is 21.1 Å². The number of hydrogen-bond acceptors (Lipinski definition) is 4. The zero-order valence-electron chi connectivity index (χ0n) is 10.8. The molecular weight excluding hydrogens is 254 g/mol. The molecule has 2 N–H and O–H groups in total. The molecule has 0 atom stereocenters. The van der Waals surface area contributed by atoms with E-state index in [9.17, 15) is 5.11 Å². The van der Waals surface area contributed by atoms with Gasteiger partial charge < -0.3 is 19.9 Å². The Kier molecular flexibility index (Phi) is 6.86. The van der Waals surface area contributed by atoms with Crippen molar-refractivity contribution in [3.8, 4) is 11.5 Å². The molecule has 0 amide bonds. The van der Waals surface area contributed by atoms with E-state index in [1.165, 1.54) is 7.11 Å². The molecule has 0 aliphatic heterocycles.